The van der Waals surface area contributed by atoms with Crippen LogP contribution in [0.4, 0.5) is 5.69 Å². The third kappa shape index (κ3) is 5.25. The normalized spacial score (nSPS) is 17.5. The van der Waals surface area contributed by atoms with E-state index in [0.717, 1.165) is 37.6 Å². The summed E-state index contributed by atoms with van der Waals surface area (Å²) in [6, 6.07) is 21.2. The van der Waals surface area contributed by atoms with Crippen LogP contribution in [0.1, 0.15) is 17.5 Å². The van der Waals surface area contributed by atoms with E-state index in [0.29, 0.717) is 12.8 Å². The van der Waals surface area contributed by atoms with Crippen molar-refractivity contribution in [1.29, 1.82) is 0 Å². The summed E-state index contributed by atoms with van der Waals surface area (Å²) in [7, 11) is 2.27. The van der Waals surface area contributed by atoms with Crippen LogP contribution in [0.25, 0.3) is 16.3 Å². The number of rotatable bonds is 8. The number of hydrogen-bond donors (Lipinski definition) is 0. The van der Waals surface area contributed by atoms with Gasteiger partial charge in [0.1, 0.15) is 6.73 Å². The summed E-state index contributed by atoms with van der Waals surface area (Å²) in [4.78, 5) is 4.89. The van der Waals surface area contributed by atoms with Crippen molar-refractivity contribution in [3.8, 4) is 11.5 Å². The van der Waals surface area contributed by atoms with Crippen molar-refractivity contribution < 1.29 is 14.2 Å². The third-order valence-corrected chi connectivity index (χ3v) is 9.02. The molecule has 5 rings (SSSR count). The maximum atomic E-state index is 6.25. The van der Waals surface area contributed by atoms with Gasteiger partial charge in [-0.25, -0.2) is 0 Å². The second-order valence-corrected chi connectivity index (χ2v) is 16.8. The number of hydrogen-bond acceptors (Lipinski definition) is 5. The van der Waals surface area contributed by atoms with Crippen LogP contribution in [0.15, 0.2) is 60.8 Å². The minimum atomic E-state index is -1.14. The minimum absolute atomic E-state index is 0.386. The minimum Gasteiger partial charge on any atom is -0.493 e. The molecule has 0 saturated carbocycles. The topological polar surface area (TPSA) is 34.2 Å². The van der Waals surface area contributed by atoms with E-state index in [1.165, 1.54) is 39.2 Å². The predicted molar refractivity (Wildman–Crippen MR) is 152 cm³/mol. The number of methoxy groups -OCH3 is 2. The molecule has 3 aromatic carbocycles. The smallest absolute Gasteiger partial charge is 0.162 e. The molecule has 2 aliphatic rings. The average molecular weight is 503 g/mol. The molecule has 2 heterocycles. The van der Waals surface area contributed by atoms with Crippen LogP contribution < -0.4 is 14.4 Å². The van der Waals surface area contributed by atoms with Crippen molar-refractivity contribution in [1.82, 2.24) is 4.90 Å². The lowest BCUT2D eigenvalue weighted by atomic mass is 9.99. The number of anilines is 1. The maximum Gasteiger partial charge on any atom is 0.162 e. The molecule has 6 heteroatoms. The van der Waals surface area contributed by atoms with Gasteiger partial charge in [-0.1, -0.05) is 56.0 Å². The molecule has 36 heavy (non-hydrogen) atoms. The molecule has 1 atom stereocenters. The van der Waals surface area contributed by atoms with Crippen LogP contribution in [-0.2, 0) is 11.3 Å². The second kappa shape index (κ2) is 10.2. The zero-order chi connectivity index (χ0) is 25.3. The summed E-state index contributed by atoms with van der Waals surface area (Å²) < 4.78 is 17.6. The van der Waals surface area contributed by atoms with Crippen molar-refractivity contribution in [2.45, 2.75) is 44.7 Å². The Kier molecular flexibility index (Phi) is 7.00. The van der Waals surface area contributed by atoms with E-state index in [1.54, 1.807) is 14.2 Å². The Morgan fingerprint density at radius 1 is 0.917 bits per heavy atom. The molecule has 1 unspecified atom stereocenters. The van der Waals surface area contributed by atoms with Crippen LogP contribution in [-0.4, -0.2) is 53.1 Å². The lowest BCUT2D eigenvalue weighted by Crippen LogP contribution is -2.38. The van der Waals surface area contributed by atoms with E-state index in [-0.39, 0.29) is 0 Å². The Balaban J connectivity index is 1.43. The van der Waals surface area contributed by atoms with Crippen LogP contribution in [0.2, 0.25) is 25.7 Å². The van der Waals surface area contributed by atoms with E-state index in [2.05, 4.69) is 90.2 Å². The summed E-state index contributed by atoms with van der Waals surface area (Å²) in [5.41, 5.74) is 5.12. The standard InChI is InChI=1S/C30H38N2O3Si/c1-33-29-16-26-19-31-18-25(24-11-10-22-8-6-7-9-23(22)14-24)15-27(31)20-32(28(26)17-30(29)34-2)21-35-12-13-36(3,4)5/h6-11,14,16-18,27H,12-13,15,19-21H2,1-5H3. The van der Waals surface area contributed by atoms with E-state index >= 15 is 0 Å². The first-order chi connectivity index (χ1) is 17.3. The second-order valence-electron chi connectivity index (χ2n) is 11.2. The van der Waals surface area contributed by atoms with Gasteiger partial charge in [0.2, 0.25) is 0 Å². The Morgan fingerprint density at radius 2 is 1.67 bits per heavy atom. The van der Waals surface area contributed by atoms with Crippen LogP contribution >= 0.6 is 0 Å². The molecule has 0 fully saturated rings. The monoisotopic (exact) mass is 502 g/mol. The molecule has 0 bridgehead atoms. The summed E-state index contributed by atoms with van der Waals surface area (Å²) in [6.45, 7) is 10.3. The lowest BCUT2D eigenvalue weighted by molar-refractivity contribution is 0.143. The molecule has 190 valence electrons. The number of fused-ring (bicyclic) bond motifs is 3. The zero-order valence-corrected chi connectivity index (χ0v) is 23.2. The highest BCUT2D eigenvalue weighted by molar-refractivity contribution is 6.76. The first kappa shape index (κ1) is 24.7. The number of ether oxygens (including phenoxy) is 3. The average Bonchev–Trinajstić information content (AvgIpc) is 3.20. The van der Waals surface area contributed by atoms with E-state index < -0.39 is 8.07 Å². The fourth-order valence-corrected chi connectivity index (χ4v) is 5.97. The molecule has 0 amide bonds. The lowest BCUT2D eigenvalue weighted by Gasteiger charge is -2.29. The Labute approximate surface area is 216 Å². The molecule has 0 saturated heterocycles. The van der Waals surface area contributed by atoms with Crippen LogP contribution in [0, 0.1) is 0 Å². The number of nitrogens with zero attached hydrogens (tertiary/aromatic N) is 2. The first-order valence-corrected chi connectivity index (χ1v) is 16.6. The molecule has 0 aliphatic carbocycles. The van der Waals surface area contributed by atoms with E-state index in [1.807, 2.05) is 0 Å². The SMILES string of the molecule is COc1cc2c(cc1OC)N(COCC[Si](C)(C)C)CC1CC(c3ccc4ccccc4c3)=CN1C2. The van der Waals surface area contributed by atoms with Gasteiger partial charge in [-0.15, -0.1) is 0 Å². The molecular formula is C30H38N2O3Si. The Hall–Kier alpha value is -2.96. The Morgan fingerprint density at radius 3 is 2.42 bits per heavy atom. The predicted octanol–water partition coefficient (Wildman–Crippen LogP) is 6.60. The summed E-state index contributed by atoms with van der Waals surface area (Å²) in [5.74, 6) is 1.53. The van der Waals surface area contributed by atoms with Gasteiger partial charge in [0, 0.05) is 45.7 Å². The van der Waals surface area contributed by atoms with Crippen molar-refractivity contribution >= 4 is 30.1 Å². The van der Waals surface area contributed by atoms with Gasteiger partial charge < -0.3 is 24.0 Å². The molecule has 3 aromatic rings. The highest BCUT2D eigenvalue weighted by Crippen LogP contribution is 2.41. The van der Waals surface area contributed by atoms with Crippen molar-refractivity contribution in [3.05, 3.63) is 71.9 Å². The summed E-state index contributed by atoms with van der Waals surface area (Å²) in [5, 5.41) is 2.57. The largest absolute Gasteiger partial charge is 0.493 e. The van der Waals surface area contributed by atoms with Gasteiger partial charge in [0.25, 0.3) is 0 Å². The molecule has 0 radical (unpaired) electrons. The fraction of sp³-hybridized carbons (Fsp3) is 0.400. The van der Waals surface area contributed by atoms with Crippen molar-refractivity contribution in [2.24, 2.45) is 0 Å². The zero-order valence-electron chi connectivity index (χ0n) is 22.2. The van der Waals surface area contributed by atoms with Crippen LogP contribution in [0.5, 0.6) is 11.5 Å². The van der Waals surface area contributed by atoms with Gasteiger partial charge in [-0.2, -0.15) is 0 Å². The summed E-state index contributed by atoms with van der Waals surface area (Å²) in [6.07, 6.45) is 3.39. The van der Waals surface area contributed by atoms with Gasteiger partial charge in [0.05, 0.1) is 20.3 Å². The van der Waals surface area contributed by atoms with E-state index in [9.17, 15) is 0 Å². The highest BCUT2D eigenvalue weighted by atomic mass is 28.3. The van der Waals surface area contributed by atoms with Crippen LogP contribution in [0.3, 0.4) is 0 Å². The highest BCUT2D eigenvalue weighted by Gasteiger charge is 2.32. The number of benzene rings is 3. The van der Waals surface area contributed by atoms with Gasteiger partial charge in [0.15, 0.2) is 11.5 Å². The van der Waals surface area contributed by atoms with Gasteiger partial charge in [-0.05, 0) is 52.1 Å². The molecular weight excluding hydrogens is 464 g/mol. The van der Waals surface area contributed by atoms with Gasteiger partial charge in [-0.3, -0.25) is 0 Å². The third-order valence-electron chi connectivity index (χ3n) is 7.32. The Bertz CT molecular complexity index is 1270. The fourth-order valence-electron chi connectivity index (χ4n) is 5.21. The molecule has 5 nitrogen and oxygen atoms in total. The summed E-state index contributed by atoms with van der Waals surface area (Å²) >= 11 is 0. The maximum absolute atomic E-state index is 6.25. The van der Waals surface area contributed by atoms with Crippen molar-refractivity contribution in [3.63, 3.8) is 0 Å². The van der Waals surface area contributed by atoms with Crippen molar-refractivity contribution in [2.75, 3.05) is 39.0 Å². The molecule has 0 N–H and O–H groups in total. The molecule has 2 aliphatic heterocycles. The quantitative estimate of drug-likeness (QED) is 0.256. The molecule has 0 spiro atoms. The van der Waals surface area contributed by atoms with Gasteiger partial charge >= 0.3 is 0 Å². The first-order valence-electron chi connectivity index (χ1n) is 12.9. The van der Waals surface area contributed by atoms with E-state index in [4.69, 9.17) is 14.2 Å². The molecule has 0 aromatic heterocycles.